The number of benzene rings is 1. The van der Waals surface area contributed by atoms with Gasteiger partial charge in [0, 0.05) is 11.6 Å². The van der Waals surface area contributed by atoms with Gasteiger partial charge in [-0.2, -0.15) is 0 Å². The van der Waals surface area contributed by atoms with Crippen molar-refractivity contribution in [3.8, 4) is 0 Å². The highest BCUT2D eigenvalue weighted by Gasteiger charge is 2.23. The van der Waals surface area contributed by atoms with Crippen LogP contribution in [0.1, 0.15) is 31.2 Å². The third kappa shape index (κ3) is 3.03. The molecule has 1 saturated carbocycles. The lowest BCUT2D eigenvalue weighted by Crippen LogP contribution is -2.32. The maximum atomic E-state index is 13.5. The summed E-state index contributed by atoms with van der Waals surface area (Å²) in [7, 11) is 1.96. The van der Waals surface area contributed by atoms with Crippen molar-refractivity contribution in [3.63, 3.8) is 0 Å². The minimum absolute atomic E-state index is 0.259. The topological polar surface area (TPSA) is 12.0 Å². The third-order valence-electron chi connectivity index (χ3n) is 3.75. The van der Waals surface area contributed by atoms with Crippen molar-refractivity contribution < 1.29 is 8.78 Å². The molecule has 17 heavy (non-hydrogen) atoms. The molecule has 3 heteroatoms. The Bertz CT molecular complexity index is 358. The molecule has 1 aliphatic carbocycles. The first-order valence-electron chi connectivity index (χ1n) is 6.31. The first-order valence-corrected chi connectivity index (χ1v) is 6.31. The Morgan fingerprint density at radius 1 is 1.24 bits per heavy atom. The zero-order valence-electron chi connectivity index (χ0n) is 10.2. The molecule has 0 saturated heterocycles. The van der Waals surface area contributed by atoms with E-state index in [-0.39, 0.29) is 5.56 Å². The number of hydrogen-bond acceptors (Lipinski definition) is 1. The lowest BCUT2D eigenvalue weighted by molar-refractivity contribution is 0.290. The molecular weight excluding hydrogens is 220 g/mol. The SMILES string of the molecule is CNC1CCCC(Cc2c(F)cccc2F)C1. The first kappa shape index (κ1) is 12.5. The summed E-state index contributed by atoms with van der Waals surface area (Å²) in [5.74, 6) is -0.416. The van der Waals surface area contributed by atoms with Gasteiger partial charge < -0.3 is 5.32 Å². The molecule has 1 fully saturated rings. The second-order valence-corrected chi connectivity index (χ2v) is 4.92. The summed E-state index contributed by atoms with van der Waals surface area (Å²) in [6.45, 7) is 0. The summed E-state index contributed by atoms with van der Waals surface area (Å²) in [5.41, 5.74) is 0.259. The van der Waals surface area contributed by atoms with Crippen LogP contribution in [0.5, 0.6) is 0 Å². The van der Waals surface area contributed by atoms with Gasteiger partial charge in [0.2, 0.25) is 0 Å². The van der Waals surface area contributed by atoms with Crippen LogP contribution in [-0.2, 0) is 6.42 Å². The first-order chi connectivity index (χ1) is 8.20. The van der Waals surface area contributed by atoms with E-state index in [2.05, 4.69) is 5.32 Å². The average Bonchev–Trinajstić information content (AvgIpc) is 2.34. The van der Waals surface area contributed by atoms with Crippen LogP contribution in [0, 0.1) is 17.6 Å². The molecular formula is C14H19F2N. The van der Waals surface area contributed by atoms with Crippen molar-refractivity contribution in [2.24, 2.45) is 5.92 Å². The molecule has 0 bridgehead atoms. The lowest BCUT2D eigenvalue weighted by Gasteiger charge is -2.29. The van der Waals surface area contributed by atoms with E-state index in [0.717, 1.165) is 19.3 Å². The second-order valence-electron chi connectivity index (χ2n) is 4.92. The fraction of sp³-hybridized carbons (Fsp3) is 0.571. The van der Waals surface area contributed by atoms with E-state index in [1.807, 2.05) is 7.05 Å². The van der Waals surface area contributed by atoms with Gasteiger partial charge >= 0.3 is 0 Å². The molecule has 2 rings (SSSR count). The number of nitrogens with one attached hydrogen (secondary N) is 1. The van der Waals surface area contributed by atoms with Crippen molar-refractivity contribution in [2.75, 3.05) is 7.05 Å². The molecule has 2 unspecified atom stereocenters. The molecule has 0 heterocycles. The highest BCUT2D eigenvalue weighted by molar-refractivity contribution is 5.20. The highest BCUT2D eigenvalue weighted by atomic mass is 19.1. The van der Waals surface area contributed by atoms with Gasteiger partial charge in [-0.3, -0.25) is 0 Å². The summed E-state index contributed by atoms with van der Waals surface area (Å²) in [6.07, 6.45) is 4.94. The van der Waals surface area contributed by atoms with Gasteiger partial charge in [0.1, 0.15) is 11.6 Å². The van der Waals surface area contributed by atoms with Gasteiger partial charge in [-0.1, -0.05) is 18.9 Å². The maximum absolute atomic E-state index is 13.5. The number of halogens is 2. The molecule has 1 aromatic rings. The molecule has 1 aromatic carbocycles. The van der Waals surface area contributed by atoms with E-state index in [1.54, 1.807) is 0 Å². The summed E-state index contributed by atoms with van der Waals surface area (Å²) in [5, 5.41) is 3.26. The molecule has 0 spiro atoms. The minimum atomic E-state index is -0.406. The molecule has 1 N–H and O–H groups in total. The van der Waals surface area contributed by atoms with Crippen molar-refractivity contribution in [2.45, 2.75) is 38.1 Å². The Hall–Kier alpha value is -0.960. The van der Waals surface area contributed by atoms with Gasteiger partial charge in [0.05, 0.1) is 0 Å². The Labute approximate surface area is 101 Å². The fourth-order valence-electron chi connectivity index (χ4n) is 2.75. The lowest BCUT2D eigenvalue weighted by atomic mass is 9.82. The fourth-order valence-corrected chi connectivity index (χ4v) is 2.75. The van der Waals surface area contributed by atoms with Crippen molar-refractivity contribution in [3.05, 3.63) is 35.4 Å². The van der Waals surface area contributed by atoms with Crippen LogP contribution in [0.2, 0.25) is 0 Å². The van der Waals surface area contributed by atoms with E-state index in [0.29, 0.717) is 18.4 Å². The Morgan fingerprint density at radius 2 is 1.94 bits per heavy atom. The predicted molar refractivity (Wildman–Crippen MR) is 64.9 cm³/mol. The standard InChI is InChI=1S/C14H19F2N/c1-17-11-5-2-4-10(8-11)9-12-13(15)6-3-7-14(12)16/h3,6-7,10-11,17H,2,4-5,8-9H2,1H3. The largest absolute Gasteiger partial charge is 0.317 e. The zero-order chi connectivity index (χ0) is 12.3. The third-order valence-corrected chi connectivity index (χ3v) is 3.75. The van der Waals surface area contributed by atoms with Crippen LogP contribution in [0.25, 0.3) is 0 Å². The van der Waals surface area contributed by atoms with Crippen LogP contribution in [0.4, 0.5) is 8.78 Å². The van der Waals surface area contributed by atoms with Crippen molar-refractivity contribution in [1.29, 1.82) is 0 Å². The number of rotatable bonds is 3. The molecule has 94 valence electrons. The summed E-state index contributed by atoms with van der Waals surface area (Å²) < 4.78 is 27.1. The maximum Gasteiger partial charge on any atom is 0.129 e. The zero-order valence-corrected chi connectivity index (χ0v) is 10.2. The van der Waals surface area contributed by atoms with Gasteiger partial charge in [-0.25, -0.2) is 8.78 Å². The van der Waals surface area contributed by atoms with Gasteiger partial charge in [0.15, 0.2) is 0 Å². The monoisotopic (exact) mass is 239 g/mol. The van der Waals surface area contributed by atoms with Crippen LogP contribution in [-0.4, -0.2) is 13.1 Å². The van der Waals surface area contributed by atoms with E-state index in [9.17, 15) is 8.78 Å². The van der Waals surface area contributed by atoms with Crippen LogP contribution < -0.4 is 5.32 Å². The van der Waals surface area contributed by atoms with E-state index in [1.165, 1.54) is 24.6 Å². The number of hydrogen-bond donors (Lipinski definition) is 1. The van der Waals surface area contributed by atoms with Gasteiger partial charge in [-0.05, 0) is 44.4 Å². The molecule has 0 radical (unpaired) electrons. The Morgan fingerprint density at radius 3 is 2.59 bits per heavy atom. The van der Waals surface area contributed by atoms with E-state index in [4.69, 9.17) is 0 Å². The van der Waals surface area contributed by atoms with Crippen molar-refractivity contribution in [1.82, 2.24) is 5.32 Å². The Balaban J connectivity index is 2.05. The van der Waals surface area contributed by atoms with Crippen LogP contribution in [0.3, 0.4) is 0 Å². The molecule has 2 atom stereocenters. The average molecular weight is 239 g/mol. The molecule has 0 aromatic heterocycles. The van der Waals surface area contributed by atoms with Gasteiger partial charge in [0.25, 0.3) is 0 Å². The van der Waals surface area contributed by atoms with Gasteiger partial charge in [-0.15, -0.1) is 0 Å². The van der Waals surface area contributed by atoms with Crippen LogP contribution >= 0.6 is 0 Å². The normalized spacial score (nSPS) is 24.9. The van der Waals surface area contributed by atoms with E-state index < -0.39 is 11.6 Å². The molecule has 0 aliphatic heterocycles. The smallest absolute Gasteiger partial charge is 0.129 e. The summed E-state index contributed by atoms with van der Waals surface area (Å²) in [6, 6.07) is 4.61. The van der Waals surface area contributed by atoms with Crippen molar-refractivity contribution >= 4 is 0 Å². The van der Waals surface area contributed by atoms with Crippen LogP contribution in [0.15, 0.2) is 18.2 Å². The molecule has 1 aliphatic rings. The second kappa shape index (κ2) is 5.58. The minimum Gasteiger partial charge on any atom is -0.317 e. The van der Waals surface area contributed by atoms with E-state index >= 15 is 0 Å². The predicted octanol–water partition coefficient (Wildman–Crippen LogP) is 3.29. The Kier molecular flexibility index (Phi) is 4.11. The molecule has 0 amide bonds. The summed E-state index contributed by atoms with van der Waals surface area (Å²) >= 11 is 0. The summed E-state index contributed by atoms with van der Waals surface area (Å²) in [4.78, 5) is 0. The quantitative estimate of drug-likeness (QED) is 0.853. The molecule has 1 nitrogen and oxygen atoms in total. The highest BCUT2D eigenvalue weighted by Crippen LogP contribution is 2.28.